The Morgan fingerprint density at radius 2 is 2.18 bits per heavy atom. The molecule has 0 bridgehead atoms. The molecule has 0 aliphatic heterocycles. The van der Waals surface area contributed by atoms with Crippen LogP contribution in [0.1, 0.15) is 15.8 Å². The molecular weight excluding hydrogens is 246 g/mol. The van der Waals surface area contributed by atoms with Crippen molar-refractivity contribution >= 4 is 11.3 Å². The standard InChI is InChI=1S/C11H18F2N2OS/c1-8-2-3-10(17-8)9(6-14)15(4-5-16)7-11(12)13/h2-3,9,11,16H,4-7,14H2,1H3. The van der Waals surface area contributed by atoms with Crippen LogP contribution in [-0.2, 0) is 0 Å². The summed E-state index contributed by atoms with van der Waals surface area (Å²) in [7, 11) is 0. The molecule has 0 saturated heterocycles. The Hall–Kier alpha value is -0.560. The first-order valence-corrected chi connectivity index (χ1v) is 6.29. The maximum absolute atomic E-state index is 12.5. The van der Waals surface area contributed by atoms with Gasteiger partial charge in [0.15, 0.2) is 0 Å². The van der Waals surface area contributed by atoms with Crippen molar-refractivity contribution in [1.29, 1.82) is 0 Å². The minimum atomic E-state index is -2.42. The van der Waals surface area contributed by atoms with Crippen LogP contribution in [-0.4, -0.2) is 42.7 Å². The zero-order valence-corrected chi connectivity index (χ0v) is 10.6. The number of alkyl halides is 2. The molecular formula is C11H18F2N2OS. The number of hydrogen-bond acceptors (Lipinski definition) is 4. The average molecular weight is 264 g/mol. The van der Waals surface area contributed by atoms with Crippen molar-refractivity contribution in [2.24, 2.45) is 5.73 Å². The molecule has 0 aliphatic rings. The number of thiophene rings is 1. The monoisotopic (exact) mass is 264 g/mol. The van der Waals surface area contributed by atoms with Crippen molar-refractivity contribution in [2.45, 2.75) is 19.4 Å². The molecule has 1 heterocycles. The largest absolute Gasteiger partial charge is 0.395 e. The SMILES string of the molecule is Cc1ccc(C(CN)N(CCO)CC(F)F)s1. The molecule has 98 valence electrons. The number of aliphatic hydroxyl groups is 1. The lowest BCUT2D eigenvalue weighted by atomic mass is 10.2. The van der Waals surface area contributed by atoms with E-state index in [-0.39, 0.29) is 32.3 Å². The Morgan fingerprint density at radius 3 is 2.59 bits per heavy atom. The van der Waals surface area contributed by atoms with Gasteiger partial charge in [-0.3, -0.25) is 4.90 Å². The van der Waals surface area contributed by atoms with E-state index in [9.17, 15) is 8.78 Å². The second-order valence-corrected chi connectivity index (χ2v) is 5.13. The highest BCUT2D eigenvalue weighted by Gasteiger charge is 2.22. The van der Waals surface area contributed by atoms with Crippen LogP contribution in [0.4, 0.5) is 8.78 Å². The summed E-state index contributed by atoms with van der Waals surface area (Å²) in [6, 6.07) is 3.62. The predicted molar refractivity (Wildman–Crippen MR) is 65.5 cm³/mol. The Bertz CT molecular complexity index is 333. The van der Waals surface area contributed by atoms with E-state index < -0.39 is 6.43 Å². The predicted octanol–water partition coefficient (Wildman–Crippen LogP) is 1.62. The second-order valence-electron chi connectivity index (χ2n) is 3.81. The van der Waals surface area contributed by atoms with Crippen LogP contribution >= 0.6 is 11.3 Å². The summed E-state index contributed by atoms with van der Waals surface area (Å²) in [5.41, 5.74) is 5.66. The lowest BCUT2D eigenvalue weighted by molar-refractivity contribution is 0.0570. The maximum Gasteiger partial charge on any atom is 0.251 e. The summed E-state index contributed by atoms with van der Waals surface area (Å²) in [5, 5.41) is 8.92. The third kappa shape index (κ3) is 4.31. The molecule has 1 atom stereocenters. The van der Waals surface area contributed by atoms with E-state index >= 15 is 0 Å². The molecule has 0 amide bonds. The highest BCUT2D eigenvalue weighted by Crippen LogP contribution is 2.27. The summed E-state index contributed by atoms with van der Waals surface area (Å²) >= 11 is 1.55. The van der Waals surface area contributed by atoms with E-state index in [2.05, 4.69) is 0 Å². The van der Waals surface area contributed by atoms with Gasteiger partial charge >= 0.3 is 0 Å². The van der Waals surface area contributed by atoms with Crippen molar-refractivity contribution < 1.29 is 13.9 Å². The summed E-state index contributed by atoms with van der Waals surface area (Å²) in [6.45, 7) is 1.94. The van der Waals surface area contributed by atoms with Gasteiger partial charge in [0.25, 0.3) is 6.43 Å². The van der Waals surface area contributed by atoms with E-state index in [4.69, 9.17) is 10.8 Å². The number of rotatable bonds is 7. The van der Waals surface area contributed by atoms with E-state index in [1.807, 2.05) is 19.1 Å². The zero-order valence-electron chi connectivity index (χ0n) is 9.77. The van der Waals surface area contributed by atoms with Crippen LogP contribution in [0.15, 0.2) is 12.1 Å². The van der Waals surface area contributed by atoms with Crippen LogP contribution in [0.5, 0.6) is 0 Å². The molecule has 0 saturated carbocycles. The fourth-order valence-corrected chi connectivity index (χ4v) is 2.78. The summed E-state index contributed by atoms with van der Waals surface area (Å²) in [4.78, 5) is 3.63. The minimum Gasteiger partial charge on any atom is -0.395 e. The van der Waals surface area contributed by atoms with Gasteiger partial charge in [0.2, 0.25) is 0 Å². The van der Waals surface area contributed by atoms with Crippen LogP contribution < -0.4 is 5.73 Å². The molecule has 3 N–H and O–H groups in total. The van der Waals surface area contributed by atoms with Gasteiger partial charge < -0.3 is 10.8 Å². The van der Waals surface area contributed by atoms with Crippen molar-refractivity contribution in [1.82, 2.24) is 4.90 Å². The highest BCUT2D eigenvalue weighted by atomic mass is 32.1. The fourth-order valence-electron chi connectivity index (χ4n) is 1.76. The number of hydrogen-bond donors (Lipinski definition) is 2. The Labute approximate surface area is 104 Å². The van der Waals surface area contributed by atoms with Gasteiger partial charge in [-0.2, -0.15) is 0 Å². The van der Waals surface area contributed by atoms with Gasteiger partial charge in [-0.15, -0.1) is 11.3 Å². The zero-order chi connectivity index (χ0) is 12.8. The van der Waals surface area contributed by atoms with Crippen molar-refractivity contribution in [3.8, 4) is 0 Å². The molecule has 3 nitrogen and oxygen atoms in total. The molecule has 0 spiro atoms. The van der Waals surface area contributed by atoms with Crippen LogP contribution in [0.25, 0.3) is 0 Å². The normalized spacial score (nSPS) is 13.6. The first-order chi connectivity index (χ1) is 8.08. The number of aliphatic hydroxyl groups excluding tert-OH is 1. The van der Waals surface area contributed by atoms with E-state index in [0.29, 0.717) is 0 Å². The Balaban J connectivity index is 2.80. The quantitative estimate of drug-likeness (QED) is 0.786. The fraction of sp³-hybridized carbons (Fsp3) is 0.636. The second kappa shape index (κ2) is 7.00. The Kier molecular flexibility index (Phi) is 5.97. The molecule has 6 heteroatoms. The molecule has 0 aliphatic carbocycles. The Morgan fingerprint density at radius 1 is 1.47 bits per heavy atom. The smallest absolute Gasteiger partial charge is 0.251 e. The number of aryl methyl sites for hydroxylation is 1. The first kappa shape index (κ1) is 14.5. The van der Waals surface area contributed by atoms with Gasteiger partial charge in [0, 0.05) is 22.8 Å². The summed E-state index contributed by atoms with van der Waals surface area (Å²) in [5.74, 6) is 0. The van der Waals surface area contributed by atoms with E-state index in [1.165, 1.54) is 4.90 Å². The number of nitrogens with zero attached hydrogens (tertiary/aromatic N) is 1. The lowest BCUT2D eigenvalue weighted by Crippen LogP contribution is -2.38. The van der Waals surface area contributed by atoms with Gasteiger partial charge in [0.1, 0.15) is 0 Å². The van der Waals surface area contributed by atoms with Crippen molar-refractivity contribution in [3.63, 3.8) is 0 Å². The highest BCUT2D eigenvalue weighted by molar-refractivity contribution is 7.12. The third-order valence-corrected chi connectivity index (χ3v) is 3.62. The molecule has 1 aromatic heterocycles. The number of nitrogens with two attached hydrogens (primary N) is 1. The minimum absolute atomic E-state index is 0.145. The van der Waals surface area contributed by atoms with Crippen molar-refractivity contribution in [2.75, 3.05) is 26.2 Å². The molecule has 0 aromatic carbocycles. The summed E-state index contributed by atoms with van der Waals surface area (Å²) < 4.78 is 24.9. The average Bonchev–Trinajstić information content (AvgIpc) is 2.65. The molecule has 1 aromatic rings. The topological polar surface area (TPSA) is 49.5 Å². The van der Waals surface area contributed by atoms with Crippen LogP contribution in [0.3, 0.4) is 0 Å². The number of halogens is 2. The maximum atomic E-state index is 12.5. The molecule has 1 rings (SSSR count). The van der Waals surface area contributed by atoms with Gasteiger partial charge in [0.05, 0.1) is 19.2 Å². The molecule has 1 unspecified atom stereocenters. The summed E-state index contributed by atoms with van der Waals surface area (Å²) in [6.07, 6.45) is -2.42. The van der Waals surface area contributed by atoms with Gasteiger partial charge in [-0.1, -0.05) is 0 Å². The molecule has 0 radical (unpaired) electrons. The lowest BCUT2D eigenvalue weighted by Gasteiger charge is -2.29. The van der Waals surface area contributed by atoms with Crippen LogP contribution in [0.2, 0.25) is 0 Å². The molecule has 0 fully saturated rings. The van der Waals surface area contributed by atoms with E-state index in [0.717, 1.165) is 9.75 Å². The van der Waals surface area contributed by atoms with Crippen molar-refractivity contribution in [3.05, 3.63) is 21.9 Å². The third-order valence-electron chi connectivity index (χ3n) is 2.51. The van der Waals surface area contributed by atoms with E-state index in [1.54, 1.807) is 11.3 Å². The van der Waals surface area contributed by atoms with Crippen LogP contribution in [0, 0.1) is 6.92 Å². The first-order valence-electron chi connectivity index (χ1n) is 5.48. The molecule has 17 heavy (non-hydrogen) atoms. The van der Waals surface area contributed by atoms with Gasteiger partial charge in [-0.05, 0) is 19.1 Å². The van der Waals surface area contributed by atoms with Gasteiger partial charge in [-0.25, -0.2) is 8.78 Å².